The Labute approximate surface area is 141 Å². The zero-order chi connectivity index (χ0) is 17.0. The van der Waals surface area contributed by atoms with E-state index in [1.165, 1.54) is 0 Å². The van der Waals surface area contributed by atoms with E-state index in [0.717, 1.165) is 0 Å². The largest absolute Gasteiger partial charge is 0.444 e. The van der Waals surface area contributed by atoms with Crippen molar-refractivity contribution in [1.82, 2.24) is 15.3 Å². The molecule has 1 saturated heterocycles. The van der Waals surface area contributed by atoms with E-state index in [2.05, 4.69) is 5.43 Å². The molecule has 1 aromatic carbocycles. The number of ether oxygens (including phenoxy) is 1. The fourth-order valence-corrected chi connectivity index (χ4v) is 2.36. The first-order valence-electron chi connectivity index (χ1n) is 7.54. The highest BCUT2D eigenvalue weighted by Crippen LogP contribution is 2.13. The van der Waals surface area contributed by atoms with Gasteiger partial charge in [-0.3, -0.25) is 10.2 Å². The number of benzene rings is 1. The zero-order valence-electron chi connectivity index (χ0n) is 13.6. The molecule has 0 radical (unpaired) electrons. The number of hydrogen-bond donors (Lipinski definition) is 1. The van der Waals surface area contributed by atoms with Gasteiger partial charge in [-0.1, -0.05) is 17.7 Å². The number of carbonyl (C=O) groups excluding carboxylic acids is 2. The lowest BCUT2D eigenvalue weighted by molar-refractivity contribution is 0.00975. The molecule has 1 fully saturated rings. The summed E-state index contributed by atoms with van der Waals surface area (Å²) in [5.41, 5.74) is 2.83. The normalized spacial score (nSPS) is 16.1. The maximum absolute atomic E-state index is 12.2. The van der Waals surface area contributed by atoms with E-state index in [9.17, 15) is 9.59 Å². The molecule has 0 aromatic heterocycles. The summed E-state index contributed by atoms with van der Waals surface area (Å²) in [6.45, 7) is 7.62. The number of carbonyl (C=O) groups is 2. The highest BCUT2D eigenvalue weighted by atomic mass is 35.5. The molecular weight excluding hydrogens is 318 g/mol. The summed E-state index contributed by atoms with van der Waals surface area (Å²) < 4.78 is 5.34. The van der Waals surface area contributed by atoms with Crippen LogP contribution in [0.4, 0.5) is 4.79 Å². The third-order valence-corrected chi connectivity index (χ3v) is 3.51. The maximum Gasteiger partial charge on any atom is 0.410 e. The number of nitrogens with one attached hydrogen (secondary N) is 1. The first-order valence-corrected chi connectivity index (χ1v) is 7.92. The molecule has 7 heteroatoms. The predicted octanol–water partition coefficient (Wildman–Crippen LogP) is 2.54. The summed E-state index contributed by atoms with van der Waals surface area (Å²) in [4.78, 5) is 25.8. The summed E-state index contributed by atoms with van der Waals surface area (Å²) in [6.07, 6.45) is -0.321. The highest BCUT2D eigenvalue weighted by molar-refractivity contribution is 6.30. The lowest BCUT2D eigenvalue weighted by Crippen LogP contribution is -2.55. The minimum atomic E-state index is -0.505. The van der Waals surface area contributed by atoms with Crippen LogP contribution < -0.4 is 5.43 Å². The van der Waals surface area contributed by atoms with E-state index in [0.29, 0.717) is 36.8 Å². The topological polar surface area (TPSA) is 61.9 Å². The van der Waals surface area contributed by atoms with Crippen LogP contribution in [0.25, 0.3) is 0 Å². The minimum Gasteiger partial charge on any atom is -0.444 e. The fourth-order valence-electron chi connectivity index (χ4n) is 2.17. The van der Waals surface area contributed by atoms with E-state index < -0.39 is 5.60 Å². The van der Waals surface area contributed by atoms with Gasteiger partial charge in [-0.15, -0.1) is 0 Å². The summed E-state index contributed by atoms with van der Waals surface area (Å²) in [7, 11) is 0. The first kappa shape index (κ1) is 17.6. The molecular formula is C16H22ClN3O3. The Morgan fingerprint density at radius 2 is 1.83 bits per heavy atom. The second-order valence-corrected chi connectivity index (χ2v) is 6.84. The third-order valence-electron chi connectivity index (χ3n) is 3.28. The van der Waals surface area contributed by atoms with E-state index in [1.807, 2.05) is 20.8 Å². The van der Waals surface area contributed by atoms with E-state index in [1.54, 1.807) is 34.2 Å². The molecule has 23 heavy (non-hydrogen) atoms. The van der Waals surface area contributed by atoms with Gasteiger partial charge in [-0.25, -0.2) is 9.80 Å². The molecule has 6 nitrogen and oxygen atoms in total. The van der Waals surface area contributed by atoms with Gasteiger partial charge in [0.05, 0.1) is 0 Å². The van der Waals surface area contributed by atoms with E-state index in [-0.39, 0.29) is 12.0 Å². The van der Waals surface area contributed by atoms with Crippen LogP contribution in [0.3, 0.4) is 0 Å². The van der Waals surface area contributed by atoms with Crippen molar-refractivity contribution in [3.8, 4) is 0 Å². The minimum absolute atomic E-state index is 0.210. The SMILES string of the molecule is CC(C)(C)OC(=O)N1CCN(NC(=O)c2cccc(Cl)c2)CC1. The average molecular weight is 340 g/mol. The number of hydrogen-bond acceptors (Lipinski definition) is 4. The molecule has 1 heterocycles. The Balaban J connectivity index is 1.83. The lowest BCUT2D eigenvalue weighted by Gasteiger charge is -2.35. The van der Waals surface area contributed by atoms with Gasteiger partial charge in [0.1, 0.15) is 5.60 Å². The van der Waals surface area contributed by atoms with Gasteiger partial charge in [0, 0.05) is 36.8 Å². The summed E-state index contributed by atoms with van der Waals surface area (Å²) in [6, 6.07) is 6.78. The molecule has 1 aliphatic heterocycles. The van der Waals surface area contributed by atoms with Crippen LogP contribution in [-0.4, -0.2) is 53.7 Å². The molecule has 0 spiro atoms. The van der Waals surface area contributed by atoms with Gasteiger partial charge in [-0.2, -0.15) is 0 Å². The zero-order valence-corrected chi connectivity index (χ0v) is 14.4. The monoisotopic (exact) mass is 339 g/mol. The molecule has 0 aliphatic carbocycles. The fraction of sp³-hybridized carbons (Fsp3) is 0.500. The maximum atomic E-state index is 12.2. The van der Waals surface area contributed by atoms with Gasteiger partial charge in [-0.05, 0) is 39.0 Å². The van der Waals surface area contributed by atoms with Crippen LogP contribution in [0.5, 0.6) is 0 Å². The van der Waals surface area contributed by atoms with Crippen molar-refractivity contribution < 1.29 is 14.3 Å². The summed E-state index contributed by atoms with van der Waals surface area (Å²) in [5, 5.41) is 2.32. The van der Waals surface area contributed by atoms with Crippen molar-refractivity contribution in [1.29, 1.82) is 0 Å². The molecule has 0 unspecified atom stereocenters. The molecule has 1 aromatic rings. The Morgan fingerprint density at radius 3 is 2.39 bits per heavy atom. The number of piperazine rings is 1. The lowest BCUT2D eigenvalue weighted by atomic mass is 10.2. The number of amides is 2. The predicted molar refractivity (Wildman–Crippen MR) is 88.3 cm³/mol. The Morgan fingerprint density at radius 1 is 1.17 bits per heavy atom. The molecule has 0 saturated carbocycles. The van der Waals surface area contributed by atoms with Gasteiger partial charge in [0.25, 0.3) is 5.91 Å². The molecule has 1 aliphatic rings. The van der Waals surface area contributed by atoms with E-state index >= 15 is 0 Å². The summed E-state index contributed by atoms with van der Waals surface area (Å²) >= 11 is 5.89. The van der Waals surface area contributed by atoms with Crippen LogP contribution in [0.1, 0.15) is 31.1 Å². The molecule has 2 rings (SSSR count). The van der Waals surface area contributed by atoms with Gasteiger partial charge >= 0.3 is 6.09 Å². The molecule has 126 valence electrons. The molecule has 2 amide bonds. The molecule has 0 bridgehead atoms. The molecule has 1 N–H and O–H groups in total. The number of nitrogens with zero attached hydrogens (tertiary/aromatic N) is 2. The second kappa shape index (κ2) is 7.19. The van der Waals surface area contributed by atoms with Crippen molar-refractivity contribution in [2.45, 2.75) is 26.4 Å². The van der Waals surface area contributed by atoms with Crippen molar-refractivity contribution in [3.05, 3.63) is 34.9 Å². The number of hydrazine groups is 1. The van der Waals surface area contributed by atoms with Gasteiger partial charge < -0.3 is 9.64 Å². The van der Waals surface area contributed by atoms with Crippen molar-refractivity contribution in [2.24, 2.45) is 0 Å². The van der Waals surface area contributed by atoms with Crippen molar-refractivity contribution in [3.63, 3.8) is 0 Å². The van der Waals surface area contributed by atoms with Gasteiger partial charge in [0.2, 0.25) is 0 Å². The first-order chi connectivity index (χ1) is 10.7. The Hall–Kier alpha value is -1.79. The Bertz CT molecular complexity index is 578. The smallest absolute Gasteiger partial charge is 0.410 e. The van der Waals surface area contributed by atoms with Crippen LogP contribution in [-0.2, 0) is 4.74 Å². The van der Waals surface area contributed by atoms with E-state index in [4.69, 9.17) is 16.3 Å². The van der Waals surface area contributed by atoms with Crippen LogP contribution in [0.15, 0.2) is 24.3 Å². The average Bonchev–Trinajstić information content (AvgIpc) is 2.46. The quantitative estimate of drug-likeness (QED) is 0.899. The number of rotatable bonds is 2. The van der Waals surface area contributed by atoms with Crippen molar-refractivity contribution in [2.75, 3.05) is 26.2 Å². The van der Waals surface area contributed by atoms with Crippen LogP contribution in [0, 0.1) is 0 Å². The van der Waals surface area contributed by atoms with Gasteiger partial charge in [0.15, 0.2) is 0 Å². The van der Waals surface area contributed by atoms with Crippen LogP contribution >= 0.6 is 11.6 Å². The number of halogens is 1. The van der Waals surface area contributed by atoms with Crippen molar-refractivity contribution >= 4 is 23.6 Å². The summed E-state index contributed by atoms with van der Waals surface area (Å²) in [5.74, 6) is -0.210. The Kier molecular flexibility index (Phi) is 5.49. The highest BCUT2D eigenvalue weighted by Gasteiger charge is 2.26. The van der Waals surface area contributed by atoms with Crippen LogP contribution in [0.2, 0.25) is 5.02 Å². The standard InChI is InChI=1S/C16H22ClN3O3/c1-16(2,3)23-15(22)19-7-9-20(10-8-19)18-14(21)12-5-4-6-13(17)11-12/h4-6,11H,7-10H2,1-3H3,(H,18,21). The second-order valence-electron chi connectivity index (χ2n) is 6.41. The molecule has 0 atom stereocenters. The third kappa shape index (κ3) is 5.41.